The molecule has 1 atom stereocenters. The highest BCUT2D eigenvalue weighted by molar-refractivity contribution is 5.99. The van der Waals surface area contributed by atoms with E-state index >= 15 is 0 Å². The molecule has 1 aromatic carbocycles. The van der Waals surface area contributed by atoms with Crippen molar-refractivity contribution in [2.75, 3.05) is 7.05 Å². The van der Waals surface area contributed by atoms with Crippen LogP contribution in [0, 0.1) is 6.92 Å². The van der Waals surface area contributed by atoms with Crippen LogP contribution in [0.15, 0.2) is 23.0 Å². The van der Waals surface area contributed by atoms with Gasteiger partial charge in [0.05, 0.1) is 10.9 Å². The number of fused-ring (bicyclic) bond motifs is 1. The number of nitrogens with one attached hydrogen (secondary N) is 2. The van der Waals surface area contributed by atoms with Crippen molar-refractivity contribution in [2.24, 2.45) is 0 Å². The summed E-state index contributed by atoms with van der Waals surface area (Å²) in [5.41, 5.74) is 1.21. The highest BCUT2D eigenvalue weighted by Gasteiger charge is 2.30. The van der Waals surface area contributed by atoms with Crippen LogP contribution in [0.4, 0.5) is 0 Å². The predicted octanol–water partition coefficient (Wildman–Crippen LogP) is 0.402. The molecule has 1 aliphatic rings. The zero-order valence-electron chi connectivity index (χ0n) is 13.0. The first kappa shape index (κ1) is 15.4. The van der Waals surface area contributed by atoms with E-state index in [1.54, 1.807) is 20.0 Å². The van der Waals surface area contributed by atoms with Gasteiger partial charge >= 0.3 is 0 Å². The molecule has 120 valence electrons. The van der Waals surface area contributed by atoms with Crippen molar-refractivity contribution in [3.05, 3.63) is 39.9 Å². The number of piperidine rings is 1. The van der Waals surface area contributed by atoms with Gasteiger partial charge in [0.2, 0.25) is 11.8 Å². The number of imide groups is 1. The smallest absolute Gasteiger partial charge is 0.262 e. The highest BCUT2D eigenvalue weighted by Crippen LogP contribution is 2.21. The maximum atomic E-state index is 13.0. The van der Waals surface area contributed by atoms with E-state index in [-0.39, 0.29) is 17.9 Å². The number of nitrogens with zero attached hydrogens (tertiary/aromatic N) is 2. The van der Waals surface area contributed by atoms with Gasteiger partial charge in [-0.3, -0.25) is 24.3 Å². The summed E-state index contributed by atoms with van der Waals surface area (Å²) in [6.45, 7) is 2.24. The molecule has 0 saturated carbocycles. The zero-order chi connectivity index (χ0) is 16.6. The normalized spacial score (nSPS) is 18.3. The Hall–Kier alpha value is -2.54. The van der Waals surface area contributed by atoms with Crippen LogP contribution in [0.1, 0.15) is 30.3 Å². The van der Waals surface area contributed by atoms with Crippen LogP contribution in [0.3, 0.4) is 0 Å². The van der Waals surface area contributed by atoms with Crippen molar-refractivity contribution in [3.63, 3.8) is 0 Å². The number of rotatable bonds is 3. The first-order valence-electron chi connectivity index (χ1n) is 7.52. The van der Waals surface area contributed by atoms with Crippen LogP contribution in [-0.4, -0.2) is 28.4 Å². The molecule has 2 N–H and O–H groups in total. The molecule has 7 heteroatoms. The van der Waals surface area contributed by atoms with Gasteiger partial charge in [-0.15, -0.1) is 0 Å². The van der Waals surface area contributed by atoms with Gasteiger partial charge in [0.15, 0.2) is 0 Å². The molecule has 7 nitrogen and oxygen atoms in total. The fourth-order valence-electron chi connectivity index (χ4n) is 3.06. The van der Waals surface area contributed by atoms with Crippen LogP contribution >= 0.6 is 0 Å². The SMILES string of the molecule is CNCc1cccc2nc(C)n(C3CCC(=O)NC3=O)c(=O)c12. The van der Waals surface area contributed by atoms with Gasteiger partial charge in [0, 0.05) is 13.0 Å². The molecular formula is C16H18N4O3. The minimum Gasteiger partial charge on any atom is -0.316 e. The number of hydrogen-bond acceptors (Lipinski definition) is 5. The number of amides is 2. The highest BCUT2D eigenvalue weighted by atomic mass is 16.2. The summed E-state index contributed by atoms with van der Waals surface area (Å²) in [5.74, 6) is -0.279. The third kappa shape index (κ3) is 2.63. The maximum absolute atomic E-state index is 13.0. The summed E-state index contributed by atoms with van der Waals surface area (Å²) in [7, 11) is 1.80. The van der Waals surface area contributed by atoms with Gasteiger partial charge in [0.1, 0.15) is 11.9 Å². The lowest BCUT2D eigenvalue weighted by Gasteiger charge is -2.24. The van der Waals surface area contributed by atoms with E-state index in [2.05, 4.69) is 15.6 Å². The third-order valence-corrected chi connectivity index (χ3v) is 4.08. The van der Waals surface area contributed by atoms with Crippen LogP contribution in [-0.2, 0) is 16.1 Å². The van der Waals surface area contributed by atoms with E-state index in [4.69, 9.17) is 0 Å². The Kier molecular flexibility index (Phi) is 3.96. The Morgan fingerprint density at radius 1 is 1.35 bits per heavy atom. The number of aryl methyl sites for hydroxylation is 1. The van der Waals surface area contributed by atoms with E-state index in [0.717, 1.165) is 5.56 Å². The lowest BCUT2D eigenvalue weighted by Crippen LogP contribution is -2.45. The maximum Gasteiger partial charge on any atom is 0.262 e. The van der Waals surface area contributed by atoms with Crippen LogP contribution in [0.25, 0.3) is 10.9 Å². The molecule has 0 radical (unpaired) electrons. The van der Waals surface area contributed by atoms with E-state index < -0.39 is 11.9 Å². The molecule has 2 aromatic rings. The van der Waals surface area contributed by atoms with Gasteiger partial charge in [-0.1, -0.05) is 12.1 Å². The molecule has 3 rings (SSSR count). The van der Waals surface area contributed by atoms with Crippen LogP contribution in [0.5, 0.6) is 0 Å². The van der Waals surface area contributed by atoms with E-state index in [0.29, 0.717) is 29.7 Å². The number of hydrogen-bond donors (Lipinski definition) is 2. The number of benzene rings is 1. The summed E-state index contributed by atoms with van der Waals surface area (Å²) in [6.07, 6.45) is 0.533. The van der Waals surface area contributed by atoms with Gasteiger partial charge in [0.25, 0.3) is 5.56 Å². The van der Waals surface area contributed by atoms with Gasteiger partial charge in [-0.25, -0.2) is 4.98 Å². The minimum absolute atomic E-state index is 0.221. The van der Waals surface area contributed by atoms with Crippen molar-refractivity contribution >= 4 is 22.7 Å². The van der Waals surface area contributed by atoms with Crippen molar-refractivity contribution in [1.29, 1.82) is 0 Å². The molecule has 1 aromatic heterocycles. The number of aromatic nitrogens is 2. The zero-order valence-corrected chi connectivity index (χ0v) is 13.0. The van der Waals surface area contributed by atoms with Gasteiger partial charge < -0.3 is 5.32 Å². The van der Waals surface area contributed by atoms with Crippen LogP contribution in [0.2, 0.25) is 0 Å². The lowest BCUT2D eigenvalue weighted by molar-refractivity contribution is -0.135. The van der Waals surface area contributed by atoms with Gasteiger partial charge in [-0.05, 0) is 32.0 Å². The van der Waals surface area contributed by atoms with E-state index in [1.165, 1.54) is 4.57 Å². The molecule has 1 aliphatic heterocycles. The van der Waals surface area contributed by atoms with E-state index in [9.17, 15) is 14.4 Å². The van der Waals surface area contributed by atoms with Crippen molar-refractivity contribution in [1.82, 2.24) is 20.2 Å². The number of carbonyl (C=O) groups is 2. The summed E-state index contributed by atoms with van der Waals surface area (Å²) >= 11 is 0. The fourth-order valence-corrected chi connectivity index (χ4v) is 3.06. The summed E-state index contributed by atoms with van der Waals surface area (Å²) in [4.78, 5) is 40.9. The molecule has 1 unspecified atom stereocenters. The molecule has 0 aliphatic carbocycles. The monoisotopic (exact) mass is 314 g/mol. The number of carbonyl (C=O) groups excluding carboxylic acids is 2. The summed E-state index contributed by atoms with van der Waals surface area (Å²) < 4.78 is 1.41. The first-order valence-corrected chi connectivity index (χ1v) is 7.52. The Labute approximate surface area is 132 Å². The lowest BCUT2D eigenvalue weighted by atomic mass is 10.0. The fraction of sp³-hybridized carbons (Fsp3) is 0.375. The molecular weight excluding hydrogens is 296 g/mol. The quantitative estimate of drug-likeness (QED) is 0.800. The average molecular weight is 314 g/mol. The van der Waals surface area contributed by atoms with Crippen LogP contribution < -0.4 is 16.2 Å². The Bertz CT molecular complexity index is 856. The summed E-state index contributed by atoms with van der Waals surface area (Å²) in [5, 5.41) is 5.84. The Morgan fingerprint density at radius 3 is 2.83 bits per heavy atom. The molecule has 2 amide bonds. The van der Waals surface area contributed by atoms with Crippen molar-refractivity contribution in [2.45, 2.75) is 32.4 Å². The largest absolute Gasteiger partial charge is 0.316 e. The second kappa shape index (κ2) is 5.92. The second-order valence-corrected chi connectivity index (χ2v) is 5.64. The second-order valence-electron chi connectivity index (χ2n) is 5.64. The third-order valence-electron chi connectivity index (χ3n) is 4.08. The average Bonchev–Trinajstić information content (AvgIpc) is 2.49. The predicted molar refractivity (Wildman–Crippen MR) is 84.9 cm³/mol. The standard InChI is InChI=1S/C16H18N4O3/c1-9-18-11-5-3-4-10(8-17-2)14(11)16(23)20(9)12-6-7-13(21)19-15(12)22/h3-5,12,17H,6-8H2,1-2H3,(H,19,21,22). The Morgan fingerprint density at radius 2 is 2.13 bits per heavy atom. The van der Waals surface area contributed by atoms with Crippen molar-refractivity contribution in [3.8, 4) is 0 Å². The molecule has 23 heavy (non-hydrogen) atoms. The molecule has 1 fully saturated rings. The van der Waals surface area contributed by atoms with Gasteiger partial charge in [-0.2, -0.15) is 0 Å². The van der Waals surface area contributed by atoms with E-state index in [1.807, 2.05) is 12.1 Å². The first-order chi connectivity index (χ1) is 11.0. The summed E-state index contributed by atoms with van der Waals surface area (Å²) in [6, 6.07) is 4.82. The Balaban J connectivity index is 2.21. The topological polar surface area (TPSA) is 93.1 Å². The molecule has 0 bridgehead atoms. The molecule has 1 saturated heterocycles. The van der Waals surface area contributed by atoms with Crippen molar-refractivity contribution < 1.29 is 9.59 Å². The molecule has 0 spiro atoms. The molecule has 2 heterocycles. The minimum atomic E-state index is -0.695.